The van der Waals surface area contributed by atoms with Gasteiger partial charge < -0.3 is 9.67 Å². The van der Waals surface area contributed by atoms with Gasteiger partial charge >= 0.3 is 5.97 Å². The van der Waals surface area contributed by atoms with Gasteiger partial charge in [-0.05, 0) is 29.8 Å². The molecule has 2 aromatic heterocycles. The first kappa shape index (κ1) is 20.3. The quantitative estimate of drug-likeness (QED) is 0.490. The fourth-order valence-corrected chi connectivity index (χ4v) is 3.36. The molecular formula is C22H12F4N2O3. The Morgan fingerprint density at radius 3 is 2.39 bits per heavy atom. The first-order valence-corrected chi connectivity index (χ1v) is 8.90. The van der Waals surface area contributed by atoms with Crippen LogP contribution >= 0.6 is 0 Å². The highest BCUT2D eigenvalue weighted by molar-refractivity contribution is 5.93. The molecule has 0 aliphatic rings. The molecule has 156 valence electrons. The van der Waals surface area contributed by atoms with E-state index in [0.29, 0.717) is 6.07 Å². The van der Waals surface area contributed by atoms with Crippen LogP contribution in [0.2, 0.25) is 0 Å². The fourth-order valence-electron chi connectivity index (χ4n) is 3.36. The van der Waals surface area contributed by atoms with Crippen LogP contribution in [0.25, 0.3) is 22.0 Å². The maximum Gasteiger partial charge on any atom is 0.341 e. The summed E-state index contributed by atoms with van der Waals surface area (Å²) in [5.74, 6) is -5.13. The molecule has 31 heavy (non-hydrogen) atoms. The second kappa shape index (κ2) is 7.67. The zero-order chi connectivity index (χ0) is 22.3. The number of halogens is 4. The van der Waals surface area contributed by atoms with Gasteiger partial charge in [-0.1, -0.05) is 12.1 Å². The number of benzene rings is 2. The Labute approximate surface area is 171 Å². The summed E-state index contributed by atoms with van der Waals surface area (Å²) in [6.07, 6.45) is 3.17. The van der Waals surface area contributed by atoms with Crippen molar-refractivity contribution in [2.45, 2.75) is 6.54 Å². The highest BCUT2D eigenvalue weighted by Crippen LogP contribution is 2.26. The van der Waals surface area contributed by atoms with Crippen LogP contribution in [-0.2, 0) is 6.54 Å². The van der Waals surface area contributed by atoms with Gasteiger partial charge in [-0.25, -0.2) is 22.4 Å². The minimum atomic E-state index is -1.63. The minimum absolute atomic E-state index is 0.0110. The molecule has 1 N–H and O–H groups in total. The zero-order valence-corrected chi connectivity index (χ0v) is 15.6. The standard InChI is InChI=1S/C22H12F4N2O3/c23-15-3-4-16(24)20-19(15)21(29)14(22(30)31)10-28(20)9-12-2-1-11(7-17(12)25)13-5-6-27-8-18(13)26/h1-8,10H,9H2,(H,30,31). The zero-order valence-electron chi connectivity index (χ0n) is 15.6. The lowest BCUT2D eigenvalue weighted by molar-refractivity contribution is 0.0695. The SMILES string of the molecule is O=C(O)c1cn(Cc2ccc(-c3ccncc3F)cc2F)c2c(F)ccc(F)c2c1=O. The normalized spacial score (nSPS) is 11.1. The Morgan fingerprint density at radius 1 is 0.968 bits per heavy atom. The third kappa shape index (κ3) is 3.54. The Bertz CT molecular complexity index is 1420. The van der Waals surface area contributed by atoms with Gasteiger partial charge in [0, 0.05) is 23.5 Å². The van der Waals surface area contributed by atoms with E-state index in [4.69, 9.17) is 0 Å². The van der Waals surface area contributed by atoms with Crippen molar-refractivity contribution in [3.05, 3.63) is 99.6 Å². The molecule has 0 bridgehead atoms. The van der Waals surface area contributed by atoms with Crippen molar-refractivity contribution in [2.75, 3.05) is 0 Å². The number of carboxylic acids is 1. The number of hydrogen-bond donors (Lipinski definition) is 1. The largest absolute Gasteiger partial charge is 0.477 e. The van der Waals surface area contributed by atoms with Crippen molar-refractivity contribution in [2.24, 2.45) is 0 Å². The second-order valence-corrected chi connectivity index (χ2v) is 6.72. The number of aromatic carboxylic acids is 1. The first-order chi connectivity index (χ1) is 14.8. The number of hydrogen-bond acceptors (Lipinski definition) is 3. The molecule has 0 spiro atoms. The van der Waals surface area contributed by atoms with Gasteiger partial charge in [-0.3, -0.25) is 9.78 Å². The predicted molar refractivity (Wildman–Crippen MR) is 104 cm³/mol. The Hall–Kier alpha value is -4.01. The van der Waals surface area contributed by atoms with Gasteiger partial charge in [-0.2, -0.15) is 0 Å². The highest BCUT2D eigenvalue weighted by atomic mass is 19.1. The summed E-state index contributed by atoms with van der Waals surface area (Å²) in [7, 11) is 0. The first-order valence-electron chi connectivity index (χ1n) is 8.90. The fraction of sp³-hybridized carbons (Fsp3) is 0.0455. The summed E-state index contributed by atoms with van der Waals surface area (Å²) < 4.78 is 58.4. The van der Waals surface area contributed by atoms with Crippen LogP contribution in [0.15, 0.2) is 59.8 Å². The average Bonchev–Trinajstić information content (AvgIpc) is 2.73. The molecule has 0 fully saturated rings. The summed E-state index contributed by atoms with van der Waals surface area (Å²) in [6, 6.07) is 6.68. The molecule has 9 heteroatoms. The number of fused-ring (bicyclic) bond motifs is 1. The lowest BCUT2D eigenvalue weighted by Crippen LogP contribution is -2.21. The summed E-state index contributed by atoms with van der Waals surface area (Å²) >= 11 is 0. The molecule has 0 atom stereocenters. The van der Waals surface area contributed by atoms with E-state index in [2.05, 4.69) is 4.98 Å². The van der Waals surface area contributed by atoms with Crippen molar-refractivity contribution in [3.63, 3.8) is 0 Å². The number of rotatable bonds is 4. The van der Waals surface area contributed by atoms with Gasteiger partial charge in [0.1, 0.15) is 28.8 Å². The van der Waals surface area contributed by atoms with Gasteiger partial charge in [0.05, 0.1) is 23.6 Å². The van der Waals surface area contributed by atoms with E-state index < -0.39 is 57.7 Å². The number of nitrogens with zero attached hydrogens (tertiary/aromatic N) is 2. The van der Waals surface area contributed by atoms with Gasteiger partial charge in [0.2, 0.25) is 5.43 Å². The number of carbonyl (C=O) groups is 1. The molecule has 0 aliphatic heterocycles. The molecule has 0 saturated heterocycles. The van der Waals surface area contributed by atoms with Crippen molar-refractivity contribution in [1.29, 1.82) is 0 Å². The molecule has 2 heterocycles. The molecular weight excluding hydrogens is 416 g/mol. The molecule has 4 aromatic rings. The summed E-state index contributed by atoms with van der Waals surface area (Å²) in [6.45, 7) is -0.400. The van der Waals surface area contributed by atoms with Crippen molar-refractivity contribution in [1.82, 2.24) is 9.55 Å². The lowest BCUT2D eigenvalue weighted by Gasteiger charge is -2.15. The van der Waals surface area contributed by atoms with Crippen LogP contribution in [0, 0.1) is 23.3 Å². The van der Waals surface area contributed by atoms with E-state index in [-0.39, 0.29) is 16.7 Å². The monoisotopic (exact) mass is 428 g/mol. The summed E-state index contributed by atoms with van der Waals surface area (Å²) in [5.41, 5.74) is -2.11. The molecule has 0 radical (unpaired) electrons. The van der Waals surface area contributed by atoms with Crippen molar-refractivity contribution < 1.29 is 27.5 Å². The lowest BCUT2D eigenvalue weighted by atomic mass is 10.0. The number of carboxylic acid groups (broad SMARTS) is 1. The molecule has 0 saturated carbocycles. The van der Waals surface area contributed by atoms with E-state index in [1.54, 1.807) is 0 Å². The molecule has 4 rings (SSSR count). The van der Waals surface area contributed by atoms with Crippen LogP contribution in [0.5, 0.6) is 0 Å². The average molecular weight is 428 g/mol. The van der Waals surface area contributed by atoms with Crippen LogP contribution < -0.4 is 5.43 Å². The van der Waals surface area contributed by atoms with Crippen LogP contribution in [0.1, 0.15) is 15.9 Å². The Kier molecular flexibility index (Phi) is 5.02. The smallest absolute Gasteiger partial charge is 0.341 e. The van der Waals surface area contributed by atoms with E-state index in [1.807, 2.05) is 0 Å². The maximum atomic E-state index is 14.8. The van der Waals surface area contributed by atoms with Crippen LogP contribution in [-0.4, -0.2) is 20.6 Å². The summed E-state index contributed by atoms with van der Waals surface area (Å²) in [5, 5.41) is 8.53. The minimum Gasteiger partial charge on any atom is -0.477 e. The number of pyridine rings is 2. The molecule has 2 aromatic carbocycles. The molecule has 0 aliphatic carbocycles. The molecule has 5 nitrogen and oxygen atoms in total. The van der Waals surface area contributed by atoms with Crippen LogP contribution in [0.3, 0.4) is 0 Å². The maximum absolute atomic E-state index is 14.8. The summed E-state index contributed by atoms with van der Waals surface area (Å²) in [4.78, 5) is 27.4. The van der Waals surface area contributed by atoms with E-state index in [1.165, 1.54) is 24.4 Å². The highest BCUT2D eigenvalue weighted by Gasteiger charge is 2.21. The third-order valence-electron chi connectivity index (χ3n) is 4.83. The number of aromatic nitrogens is 2. The van der Waals surface area contributed by atoms with Crippen molar-refractivity contribution >= 4 is 16.9 Å². The van der Waals surface area contributed by atoms with Gasteiger partial charge in [0.25, 0.3) is 0 Å². The topological polar surface area (TPSA) is 72.2 Å². The Morgan fingerprint density at radius 2 is 1.71 bits per heavy atom. The third-order valence-corrected chi connectivity index (χ3v) is 4.83. The van der Waals surface area contributed by atoms with Gasteiger partial charge in [0.15, 0.2) is 0 Å². The van der Waals surface area contributed by atoms with E-state index in [0.717, 1.165) is 29.1 Å². The van der Waals surface area contributed by atoms with Crippen LogP contribution in [0.4, 0.5) is 17.6 Å². The molecule has 0 unspecified atom stereocenters. The van der Waals surface area contributed by atoms with E-state index >= 15 is 0 Å². The van der Waals surface area contributed by atoms with Crippen molar-refractivity contribution in [3.8, 4) is 11.1 Å². The van der Waals surface area contributed by atoms with Gasteiger partial charge in [-0.15, -0.1) is 0 Å². The predicted octanol–water partition coefficient (Wildman–Crippen LogP) is 4.37. The van der Waals surface area contributed by atoms with E-state index in [9.17, 15) is 32.3 Å². The Balaban J connectivity index is 1.87. The second-order valence-electron chi connectivity index (χ2n) is 6.72. The molecule has 0 amide bonds.